The van der Waals surface area contributed by atoms with Crippen molar-refractivity contribution in [2.45, 2.75) is 42.4 Å². The van der Waals surface area contributed by atoms with Crippen molar-refractivity contribution in [2.75, 3.05) is 28.6 Å². The van der Waals surface area contributed by atoms with Crippen LogP contribution < -0.4 is 15.5 Å². The fourth-order valence-electron chi connectivity index (χ4n) is 3.92. The van der Waals surface area contributed by atoms with Gasteiger partial charge in [0.05, 0.1) is 6.33 Å². The summed E-state index contributed by atoms with van der Waals surface area (Å²) in [7, 11) is 0. The molecular weight excluding hydrogens is 496 g/mol. The molecule has 2 aliphatic rings. The summed E-state index contributed by atoms with van der Waals surface area (Å²) in [5.74, 6) is 1.42. The predicted octanol–water partition coefficient (Wildman–Crippen LogP) is 3.43. The number of aromatic nitrogens is 4. The van der Waals surface area contributed by atoms with Crippen molar-refractivity contribution < 1.29 is 0 Å². The summed E-state index contributed by atoms with van der Waals surface area (Å²) in [6, 6.07) is 9.15. The molecule has 1 aliphatic carbocycles. The molecule has 0 radical (unpaired) electrons. The van der Waals surface area contributed by atoms with Crippen LogP contribution in [0, 0.1) is 0 Å². The molecule has 1 saturated heterocycles. The summed E-state index contributed by atoms with van der Waals surface area (Å²) < 4.78 is 0. The minimum atomic E-state index is 0.486. The van der Waals surface area contributed by atoms with Crippen LogP contribution in [0.5, 0.6) is 0 Å². The summed E-state index contributed by atoms with van der Waals surface area (Å²) >= 11 is 1.77. The van der Waals surface area contributed by atoms with Crippen LogP contribution in [-0.2, 0) is 0 Å². The number of fused-ring (bicyclic) bond motifs is 1. The molecule has 2 aromatic heterocycles. The average molecular weight is 521 g/mol. The molecule has 1 saturated carbocycles. The van der Waals surface area contributed by atoms with E-state index in [2.05, 4.69) is 54.8 Å². The molecule has 0 unspecified atom stereocenters. The van der Waals surface area contributed by atoms with Gasteiger partial charge in [-0.2, -0.15) is 0 Å². The fourth-order valence-corrected chi connectivity index (χ4v) is 9.85. The molecular formula is C20H25N7Se2. The van der Waals surface area contributed by atoms with Crippen molar-refractivity contribution in [1.82, 2.24) is 19.9 Å². The predicted molar refractivity (Wildman–Crippen MR) is 121 cm³/mol. The molecule has 0 spiro atoms. The van der Waals surface area contributed by atoms with Crippen molar-refractivity contribution in [3.8, 4) is 0 Å². The van der Waals surface area contributed by atoms with Gasteiger partial charge < -0.3 is 4.98 Å². The van der Waals surface area contributed by atoms with Crippen LogP contribution in [0.2, 0.25) is 10.6 Å². The normalized spacial score (nSPS) is 18.1. The first kappa shape index (κ1) is 19.2. The number of hydrogen-bond donors (Lipinski definition) is 3. The molecule has 1 aromatic carbocycles. The Morgan fingerprint density at radius 3 is 2.52 bits per heavy atom. The number of aromatic amines is 1. The molecule has 2 fully saturated rings. The number of rotatable bonds is 5. The monoisotopic (exact) mass is 523 g/mol. The number of H-pyrrole nitrogens is 1. The Morgan fingerprint density at radius 2 is 1.76 bits per heavy atom. The van der Waals surface area contributed by atoms with Crippen LogP contribution in [0.1, 0.15) is 25.7 Å². The van der Waals surface area contributed by atoms with Crippen LogP contribution in [0.15, 0.2) is 30.6 Å². The minimum Gasteiger partial charge on any atom is -0.340 e. The van der Waals surface area contributed by atoms with Gasteiger partial charge in [0, 0.05) is 6.04 Å². The summed E-state index contributed by atoms with van der Waals surface area (Å²) in [4.78, 5) is 19.4. The molecule has 3 aromatic rings. The summed E-state index contributed by atoms with van der Waals surface area (Å²) in [6.45, 7) is 2.40. The topological polar surface area (TPSA) is 81.8 Å². The second kappa shape index (κ2) is 8.92. The van der Waals surface area contributed by atoms with Crippen molar-refractivity contribution in [2.24, 2.45) is 0 Å². The minimum absolute atomic E-state index is 0.486. The first-order valence-electron chi connectivity index (χ1n) is 10.2. The van der Waals surface area contributed by atoms with Gasteiger partial charge in [0.15, 0.2) is 0 Å². The molecule has 0 atom stereocenters. The van der Waals surface area contributed by atoms with E-state index < -0.39 is 0 Å². The van der Waals surface area contributed by atoms with Gasteiger partial charge in [0.1, 0.15) is 0 Å². The Hall–Kier alpha value is -1.79. The van der Waals surface area contributed by atoms with Crippen molar-refractivity contribution in [1.29, 1.82) is 0 Å². The Labute approximate surface area is 181 Å². The molecule has 29 heavy (non-hydrogen) atoms. The molecule has 3 N–H and O–H groups in total. The Bertz CT molecular complexity index is 945. The zero-order valence-electron chi connectivity index (χ0n) is 16.2. The van der Waals surface area contributed by atoms with E-state index in [-0.39, 0.29) is 0 Å². The molecule has 0 amide bonds. The van der Waals surface area contributed by atoms with E-state index in [0.717, 1.165) is 43.3 Å². The zero-order valence-corrected chi connectivity index (χ0v) is 19.7. The Balaban J connectivity index is 1.34. The zero-order chi connectivity index (χ0) is 19.5. The van der Waals surface area contributed by atoms with Crippen LogP contribution in [-0.4, -0.2) is 65.3 Å². The Kier molecular flexibility index (Phi) is 5.90. The number of hydrogen-bond acceptors (Lipinski definition) is 6. The summed E-state index contributed by atoms with van der Waals surface area (Å²) in [5, 5.41) is 9.71. The molecule has 0 bridgehead atoms. The maximum absolute atomic E-state index is 4.75. The smallest absolute Gasteiger partial charge is 0.340 e. The number of nitrogens with zero attached hydrogens (tertiary/aromatic N) is 4. The van der Waals surface area contributed by atoms with E-state index >= 15 is 0 Å². The second-order valence-corrected chi connectivity index (χ2v) is 15.3. The van der Waals surface area contributed by atoms with Gasteiger partial charge in [-0.15, -0.1) is 0 Å². The van der Waals surface area contributed by atoms with E-state index in [4.69, 9.17) is 4.98 Å². The van der Waals surface area contributed by atoms with Gasteiger partial charge >= 0.3 is 139 Å². The molecule has 1 aliphatic heterocycles. The third-order valence-corrected chi connectivity index (χ3v) is 12.7. The molecule has 5 rings (SSSR count). The number of nitrogens with one attached hydrogen (secondary N) is 3. The van der Waals surface area contributed by atoms with Gasteiger partial charge in [0.2, 0.25) is 0 Å². The van der Waals surface area contributed by atoms with E-state index in [9.17, 15) is 0 Å². The third kappa shape index (κ3) is 4.53. The Morgan fingerprint density at radius 1 is 1.00 bits per heavy atom. The summed E-state index contributed by atoms with van der Waals surface area (Å²) in [6.07, 6.45) is 6.64. The second-order valence-electron chi connectivity index (χ2n) is 7.43. The summed E-state index contributed by atoms with van der Waals surface area (Å²) in [5.41, 5.74) is 3.88. The molecule has 9 heteroatoms. The third-order valence-electron chi connectivity index (χ3n) is 5.44. The van der Waals surface area contributed by atoms with Gasteiger partial charge in [-0.3, -0.25) is 0 Å². The van der Waals surface area contributed by atoms with E-state index in [0.29, 0.717) is 17.6 Å². The van der Waals surface area contributed by atoms with E-state index in [1.165, 1.54) is 55.1 Å². The maximum atomic E-state index is 4.75. The first-order valence-corrected chi connectivity index (χ1v) is 16.9. The molecule has 152 valence electrons. The van der Waals surface area contributed by atoms with Crippen LogP contribution in [0.4, 0.5) is 23.1 Å². The van der Waals surface area contributed by atoms with Gasteiger partial charge in [-0.1, -0.05) is 12.8 Å². The SMILES string of the molecule is c1nc2nc(Nc3ccc(N4CC[Se][Se]CC4)cc3)nc(NC3CCCC3)c2[nH]1. The number of anilines is 4. The number of imidazole rings is 1. The van der Waals surface area contributed by atoms with Crippen molar-refractivity contribution >= 4 is 60.6 Å². The van der Waals surface area contributed by atoms with Crippen LogP contribution in [0.25, 0.3) is 11.2 Å². The van der Waals surface area contributed by atoms with Gasteiger partial charge in [-0.25, -0.2) is 0 Å². The molecule has 3 heterocycles. The van der Waals surface area contributed by atoms with Gasteiger partial charge in [-0.05, 0) is 12.8 Å². The first-order chi connectivity index (χ1) is 14.3. The fraction of sp³-hybridized carbons (Fsp3) is 0.450. The van der Waals surface area contributed by atoms with Gasteiger partial charge in [0.25, 0.3) is 0 Å². The number of benzene rings is 1. The molecule has 7 nitrogen and oxygen atoms in total. The van der Waals surface area contributed by atoms with Crippen molar-refractivity contribution in [3.63, 3.8) is 0 Å². The van der Waals surface area contributed by atoms with Crippen molar-refractivity contribution in [3.05, 3.63) is 30.6 Å². The average Bonchev–Trinajstić information content (AvgIpc) is 3.35. The van der Waals surface area contributed by atoms with Crippen LogP contribution >= 0.6 is 0 Å². The quantitative estimate of drug-likeness (QED) is 0.447. The van der Waals surface area contributed by atoms with Crippen LogP contribution in [0.3, 0.4) is 0 Å². The van der Waals surface area contributed by atoms with E-state index in [1.807, 2.05) is 0 Å². The van der Waals surface area contributed by atoms with E-state index in [1.54, 1.807) is 6.33 Å². The standard InChI is InChI=1S/C20H25N7Se2/c1-2-4-14(3-1)23-19-17-18(22-13-21-17)25-20(26-19)24-15-5-7-16(8-6-15)27-9-11-28-29-12-10-27/h5-8,13-14H,1-4,9-12H2,(H3,21,22,23,24,25,26).